The maximum Gasteiger partial charge on any atom is 0.417 e. The monoisotopic (exact) mass is 551 g/mol. The van der Waals surface area contributed by atoms with E-state index in [1.807, 2.05) is 6.07 Å². The van der Waals surface area contributed by atoms with Crippen LogP contribution in [0.2, 0.25) is 5.02 Å². The lowest BCUT2D eigenvalue weighted by atomic mass is 10.1. The molecule has 1 aliphatic rings. The number of carbonyl (C=O) groups is 2. The number of nitrogens with one attached hydrogen (secondary N) is 3. The van der Waals surface area contributed by atoms with Crippen molar-refractivity contribution in [3.8, 4) is 0 Å². The molecule has 1 aliphatic heterocycles. The van der Waals surface area contributed by atoms with Crippen molar-refractivity contribution in [2.24, 2.45) is 5.10 Å². The van der Waals surface area contributed by atoms with Crippen LogP contribution in [-0.4, -0.2) is 29.1 Å². The Morgan fingerprint density at radius 1 is 1.30 bits per heavy atom. The van der Waals surface area contributed by atoms with Crippen LogP contribution in [0.25, 0.3) is 0 Å². The molecule has 0 unspecified atom stereocenters. The van der Waals surface area contributed by atoms with Gasteiger partial charge in [0, 0.05) is 28.3 Å². The quantitative estimate of drug-likeness (QED) is 0.287. The van der Waals surface area contributed by atoms with Crippen LogP contribution in [0.1, 0.15) is 24.0 Å². The van der Waals surface area contributed by atoms with Gasteiger partial charge in [-0.2, -0.15) is 18.3 Å². The van der Waals surface area contributed by atoms with Crippen molar-refractivity contribution in [1.29, 1.82) is 0 Å². The summed E-state index contributed by atoms with van der Waals surface area (Å²) in [7, 11) is 0. The van der Waals surface area contributed by atoms with E-state index in [4.69, 9.17) is 11.6 Å². The molecule has 0 fully saturated rings. The van der Waals surface area contributed by atoms with Crippen LogP contribution in [0.5, 0.6) is 0 Å². The van der Waals surface area contributed by atoms with Gasteiger partial charge in [-0.15, -0.1) is 0 Å². The molecule has 1 aromatic carbocycles. The predicted molar refractivity (Wildman–Crippen MR) is 114 cm³/mol. The minimum Gasteiger partial charge on any atom is -0.369 e. The number of nitrogens with zero attached hydrogens (tertiary/aromatic N) is 2. The van der Waals surface area contributed by atoms with Crippen LogP contribution in [-0.2, 0) is 15.8 Å². The van der Waals surface area contributed by atoms with Crippen molar-refractivity contribution in [3.63, 3.8) is 0 Å². The first-order valence-electron chi connectivity index (χ1n) is 8.59. The molecule has 2 aromatic rings. The highest BCUT2D eigenvalue weighted by molar-refractivity contribution is 14.1. The number of fused-ring (bicyclic) bond motifs is 1. The molecule has 1 aromatic heterocycles. The molecular formula is C18H14ClF3IN5O2. The van der Waals surface area contributed by atoms with Crippen molar-refractivity contribution in [3.05, 3.63) is 50.2 Å². The third kappa shape index (κ3) is 5.39. The van der Waals surface area contributed by atoms with Gasteiger partial charge in [0.2, 0.25) is 5.91 Å². The molecule has 12 heteroatoms. The second-order valence-corrected chi connectivity index (χ2v) is 7.87. The fraction of sp³-hybridized carbons (Fsp3) is 0.222. The maximum atomic E-state index is 12.6. The van der Waals surface area contributed by atoms with Gasteiger partial charge in [0.25, 0.3) is 5.91 Å². The average molecular weight is 552 g/mol. The Morgan fingerprint density at radius 2 is 2.07 bits per heavy atom. The number of rotatable bonds is 6. The van der Waals surface area contributed by atoms with Gasteiger partial charge in [0.1, 0.15) is 5.82 Å². The zero-order valence-corrected chi connectivity index (χ0v) is 18.0. The van der Waals surface area contributed by atoms with Gasteiger partial charge in [0.05, 0.1) is 16.3 Å². The van der Waals surface area contributed by atoms with Gasteiger partial charge in [-0.3, -0.25) is 9.59 Å². The number of anilines is 2. The van der Waals surface area contributed by atoms with E-state index in [-0.39, 0.29) is 29.5 Å². The van der Waals surface area contributed by atoms with Crippen molar-refractivity contribution in [1.82, 2.24) is 10.4 Å². The van der Waals surface area contributed by atoms with Crippen molar-refractivity contribution >= 4 is 63.2 Å². The largest absolute Gasteiger partial charge is 0.417 e. The van der Waals surface area contributed by atoms with E-state index in [1.165, 1.54) is 0 Å². The number of halogens is 5. The van der Waals surface area contributed by atoms with E-state index in [2.05, 4.69) is 48.7 Å². The number of carbonyl (C=O) groups excluding carboxylic acids is 2. The van der Waals surface area contributed by atoms with Gasteiger partial charge in [-0.05, 0) is 53.3 Å². The molecule has 0 saturated heterocycles. The molecule has 3 N–H and O–H groups in total. The first-order valence-corrected chi connectivity index (χ1v) is 10.1. The van der Waals surface area contributed by atoms with Crippen LogP contribution in [0.15, 0.2) is 35.6 Å². The van der Waals surface area contributed by atoms with E-state index in [9.17, 15) is 22.8 Å². The molecule has 3 rings (SSSR count). The number of hydrogen-bond acceptors (Lipinski definition) is 5. The summed E-state index contributed by atoms with van der Waals surface area (Å²) in [6.07, 6.45) is -3.42. The minimum absolute atomic E-state index is 0.0723. The number of benzene rings is 1. The zero-order valence-electron chi connectivity index (χ0n) is 15.1. The van der Waals surface area contributed by atoms with Crippen LogP contribution in [0.4, 0.5) is 24.7 Å². The number of alkyl halides is 3. The summed E-state index contributed by atoms with van der Waals surface area (Å²) in [6.45, 7) is 0.254. The van der Waals surface area contributed by atoms with E-state index in [0.29, 0.717) is 23.9 Å². The van der Waals surface area contributed by atoms with Gasteiger partial charge >= 0.3 is 6.18 Å². The molecule has 158 valence electrons. The van der Waals surface area contributed by atoms with Crippen molar-refractivity contribution in [2.45, 2.75) is 19.0 Å². The van der Waals surface area contributed by atoms with Gasteiger partial charge in [-0.1, -0.05) is 11.6 Å². The normalized spacial score (nSPS) is 14.4. The summed E-state index contributed by atoms with van der Waals surface area (Å²) in [5.74, 6) is -0.723. The molecule has 2 heterocycles. The molecule has 0 atom stereocenters. The van der Waals surface area contributed by atoms with Crippen LogP contribution in [0.3, 0.4) is 0 Å². The number of pyridine rings is 1. The summed E-state index contributed by atoms with van der Waals surface area (Å²) in [5, 5.41) is 9.19. The summed E-state index contributed by atoms with van der Waals surface area (Å²) in [5.41, 5.74) is 2.75. The topological polar surface area (TPSA) is 95.5 Å². The van der Waals surface area contributed by atoms with E-state index >= 15 is 0 Å². The highest BCUT2D eigenvalue weighted by Crippen LogP contribution is 2.32. The molecule has 30 heavy (non-hydrogen) atoms. The fourth-order valence-corrected chi connectivity index (χ4v) is 3.31. The third-order valence-electron chi connectivity index (χ3n) is 4.03. The lowest BCUT2D eigenvalue weighted by Gasteiger charge is -2.10. The number of amides is 2. The number of hydrogen-bond donors (Lipinski definition) is 3. The summed E-state index contributed by atoms with van der Waals surface area (Å²) < 4.78 is 38.7. The first kappa shape index (κ1) is 22.3. The Kier molecular flexibility index (Phi) is 6.81. The van der Waals surface area contributed by atoms with Gasteiger partial charge < -0.3 is 10.6 Å². The Hall–Kier alpha value is -2.41. The Bertz CT molecular complexity index is 1030. The summed E-state index contributed by atoms with van der Waals surface area (Å²) in [4.78, 5) is 27.6. The standard InChI is InChI=1S/C18H14ClF3IN5O2/c19-12-6-9(18(20,21)22)8-25-16(12)24-5-1-2-14(29)27-28-15-11-7-10(23)3-4-13(11)26-17(15)30/h3-4,6-8H,1-2,5H2,(H,24,25)(H,27,29)(H,26,28,30). The maximum absolute atomic E-state index is 12.6. The highest BCUT2D eigenvalue weighted by Gasteiger charge is 2.31. The average Bonchev–Trinajstić information content (AvgIpc) is 2.98. The lowest BCUT2D eigenvalue weighted by molar-refractivity contribution is -0.137. The smallest absolute Gasteiger partial charge is 0.369 e. The molecule has 7 nitrogen and oxygen atoms in total. The molecular weight excluding hydrogens is 538 g/mol. The van der Waals surface area contributed by atoms with Crippen LogP contribution in [0, 0.1) is 3.57 Å². The SMILES string of the molecule is O=C(CCCNc1ncc(C(F)(F)F)cc1Cl)N/N=C1/C(=O)Nc2ccc(I)cc21. The number of hydrazone groups is 1. The predicted octanol–water partition coefficient (Wildman–Crippen LogP) is 4.02. The van der Waals surface area contributed by atoms with Crippen molar-refractivity contribution in [2.75, 3.05) is 17.2 Å². The second-order valence-electron chi connectivity index (χ2n) is 6.22. The van der Waals surface area contributed by atoms with Crippen LogP contribution < -0.4 is 16.1 Å². The zero-order chi connectivity index (χ0) is 21.9. The molecule has 2 amide bonds. The summed E-state index contributed by atoms with van der Waals surface area (Å²) in [6, 6.07) is 6.16. The molecule has 0 radical (unpaired) electrons. The van der Waals surface area contributed by atoms with Gasteiger partial charge in [-0.25, -0.2) is 10.4 Å². The summed E-state index contributed by atoms with van der Waals surface area (Å²) >= 11 is 7.91. The minimum atomic E-state index is -4.52. The number of aromatic nitrogens is 1. The Balaban J connectivity index is 1.49. The van der Waals surface area contributed by atoms with E-state index < -0.39 is 23.6 Å². The lowest BCUT2D eigenvalue weighted by Crippen LogP contribution is -2.23. The highest BCUT2D eigenvalue weighted by atomic mass is 127. The van der Waals surface area contributed by atoms with E-state index in [1.54, 1.807) is 12.1 Å². The van der Waals surface area contributed by atoms with Gasteiger partial charge in [0.15, 0.2) is 5.71 Å². The Labute approximate surface area is 187 Å². The third-order valence-corrected chi connectivity index (χ3v) is 4.99. The first-order chi connectivity index (χ1) is 14.1. The van der Waals surface area contributed by atoms with E-state index in [0.717, 1.165) is 9.64 Å². The molecule has 0 spiro atoms. The Morgan fingerprint density at radius 3 is 2.77 bits per heavy atom. The fourth-order valence-electron chi connectivity index (χ4n) is 2.59. The molecule has 0 saturated carbocycles. The molecule has 0 aliphatic carbocycles. The molecule has 0 bridgehead atoms. The van der Waals surface area contributed by atoms with Crippen LogP contribution >= 0.6 is 34.2 Å². The second kappa shape index (κ2) is 9.16. The van der Waals surface area contributed by atoms with Crippen molar-refractivity contribution < 1.29 is 22.8 Å².